The molecule has 2 rings (SSSR count). The van der Waals surface area contributed by atoms with Gasteiger partial charge in [0.15, 0.2) is 0 Å². The van der Waals surface area contributed by atoms with Gasteiger partial charge >= 0.3 is 6.01 Å². The minimum Gasteiger partial charge on any atom is -0.467 e. The maximum absolute atomic E-state index is 5.14. The van der Waals surface area contributed by atoms with Gasteiger partial charge in [0.05, 0.1) is 7.11 Å². The van der Waals surface area contributed by atoms with Gasteiger partial charge in [0.1, 0.15) is 0 Å². The van der Waals surface area contributed by atoms with E-state index < -0.39 is 0 Å². The van der Waals surface area contributed by atoms with Crippen LogP contribution >= 0.6 is 11.8 Å². The highest BCUT2D eigenvalue weighted by atomic mass is 32.2. The van der Waals surface area contributed by atoms with Crippen molar-refractivity contribution in [2.75, 3.05) is 30.5 Å². The van der Waals surface area contributed by atoms with Crippen molar-refractivity contribution in [2.45, 2.75) is 43.9 Å². The van der Waals surface area contributed by atoms with E-state index in [0.29, 0.717) is 29.2 Å². The summed E-state index contributed by atoms with van der Waals surface area (Å²) >= 11 is 1.92. The van der Waals surface area contributed by atoms with Crippen molar-refractivity contribution in [3.8, 4) is 6.01 Å². The number of anilines is 2. The normalized spacial score (nSPS) is 22.4. The fourth-order valence-electron chi connectivity index (χ4n) is 2.46. The third-order valence-electron chi connectivity index (χ3n) is 3.45. The number of nitrogens with one attached hydrogen (secondary N) is 2. The van der Waals surface area contributed by atoms with Crippen LogP contribution in [0.25, 0.3) is 0 Å². The summed E-state index contributed by atoms with van der Waals surface area (Å²) in [5, 5.41) is 7.17. The Kier molecular flexibility index (Phi) is 5.70. The lowest BCUT2D eigenvalue weighted by Crippen LogP contribution is -2.35. The summed E-state index contributed by atoms with van der Waals surface area (Å²) < 4.78 is 5.14. The fourth-order valence-corrected chi connectivity index (χ4v) is 3.39. The van der Waals surface area contributed by atoms with E-state index in [-0.39, 0.29) is 0 Å². The van der Waals surface area contributed by atoms with Crippen molar-refractivity contribution < 1.29 is 4.74 Å². The van der Waals surface area contributed by atoms with Gasteiger partial charge in [-0.25, -0.2) is 0 Å². The van der Waals surface area contributed by atoms with Crippen LogP contribution < -0.4 is 15.4 Å². The Hall–Kier alpha value is -1.24. The van der Waals surface area contributed by atoms with Crippen LogP contribution in [0.2, 0.25) is 0 Å². The predicted molar refractivity (Wildman–Crippen MR) is 83.7 cm³/mol. The van der Waals surface area contributed by atoms with Gasteiger partial charge < -0.3 is 15.4 Å². The molecule has 0 spiro atoms. The van der Waals surface area contributed by atoms with Gasteiger partial charge in [-0.2, -0.15) is 26.7 Å². The molecule has 2 atom stereocenters. The summed E-state index contributed by atoms with van der Waals surface area (Å²) in [6.07, 6.45) is 7.16. The first-order chi connectivity index (χ1) is 9.76. The fraction of sp³-hybridized carbons (Fsp3) is 0.769. The van der Waals surface area contributed by atoms with E-state index in [2.05, 4.69) is 31.8 Å². The van der Waals surface area contributed by atoms with Gasteiger partial charge in [0.25, 0.3) is 0 Å². The van der Waals surface area contributed by atoms with Crippen LogP contribution in [0, 0.1) is 0 Å². The molecule has 0 radical (unpaired) electrons. The molecule has 112 valence electrons. The average Bonchev–Trinajstić information content (AvgIpc) is 2.48. The molecule has 0 saturated heterocycles. The highest BCUT2D eigenvalue weighted by molar-refractivity contribution is 7.99. The van der Waals surface area contributed by atoms with Crippen LogP contribution in [-0.4, -0.2) is 46.2 Å². The zero-order valence-corrected chi connectivity index (χ0v) is 13.2. The van der Waals surface area contributed by atoms with E-state index in [1.54, 1.807) is 7.11 Å². The number of thioether (sulfide) groups is 1. The van der Waals surface area contributed by atoms with Crippen LogP contribution in [0.3, 0.4) is 0 Å². The van der Waals surface area contributed by atoms with Crippen LogP contribution in [0.5, 0.6) is 6.01 Å². The first-order valence-corrected chi connectivity index (χ1v) is 8.39. The van der Waals surface area contributed by atoms with E-state index in [0.717, 1.165) is 13.0 Å². The average molecular weight is 297 g/mol. The second-order valence-electron chi connectivity index (χ2n) is 4.81. The van der Waals surface area contributed by atoms with E-state index in [1.165, 1.54) is 19.3 Å². The summed E-state index contributed by atoms with van der Waals surface area (Å²) in [7, 11) is 1.57. The number of hydrogen-bond acceptors (Lipinski definition) is 7. The second-order valence-corrected chi connectivity index (χ2v) is 5.89. The van der Waals surface area contributed by atoms with Crippen molar-refractivity contribution in [2.24, 2.45) is 0 Å². The van der Waals surface area contributed by atoms with E-state index in [1.807, 2.05) is 18.7 Å². The summed E-state index contributed by atoms with van der Waals surface area (Å²) in [4.78, 5) is 12.9. The molecule has 1 aromatic heterocycles. The topological polar surface area (TPSA) is 72.0 Å². The van der Waals surface area contributed by atoms with Gasteiger partial charge in [-0.3, -0.25) is 0 Å². The van der Waals surface area contributed by atoms with Crippen molar-refractivity contribution in [1.29, 1.82) is 0 Å². The molecule has 1 aliphatic carbocycles. The monoisotopic (exact) mass is 297 g/mol. The highest BCUT2D eigenvalue weighted by Gasteiger charge is 2.25. The van der Waals surface area contributed by atoms with Gasteiger partial charge in [0.2, 0.25) is 11.9 Å². The maximum atomic E-state index is 5.14. The third-order valence-corrected chi connectivity index (χ3v) is 4.62. The van der Waals surface area contributed by atoms with Gasteiger partial charge in [-0.05, 0) is 26.0 Å². The summed E-state index contributed by atoms with van der Waals surface area (Å²) in [6.45, 7) is 2.78. The molecule has 1 fully saturated rings. The molecule has 1 saturated carbocycles. The minimum absolute atomic E-state index is 0.343. The number of aromatic nitrogens is 3. The predicted octanol–water partition coefficient (Wildman–Crippen LogP) is 2.40. The molecule has 0 amide bonds. The Bertz CT molecular complexity index is 431. The Morgan fingerprint density at radius 1 is 1.20 bits per heavy atom. The lowest BCUT2D eigenvalue weighted by molar-refractivity contribution is 0.379. The first-order valence-electron chi connectivity index (χ1n) is 7.10. The van der Waals surface area contributed by atoms with Gasteiger partial charge in [0, 0.05) is 17.8 Å². The van der Waals surface area contributed by atoms with Crippen LogP contribution in [-0.2, 0) is 0 Å². The Morgan fingerprint density at radius 2 is 1.95 bits per heavy atom. The maximum Gasteiger partial charge on any atom is 0.322 e. The zero-order chi connectivity index (χ0) is 14.4. The SMILES string of the molecule is CCNc1nc(NC2CCCCC2SC)nc(OC)n1. The summed E-state index contributed by atoms with van der Waals surface area (Å²) in [5.74, 6) is 1.15. The van der Waals surface area contributed by atoms with Crippen LogP contribution in [0.1, 0.15) is 32.6 Å². The largest absolute Gasteiger partial charge is 0.467 e. The van der Waals surface area contributed by atoms with E-state index in [9.17, 15) is 0 Å². The van der Waals surface area contributed by atoms with E-state index >= 15 is 0 Å². The van der Waals surface area contributed by atoms with Crippen LogP contribution in [0.4, 0.5) is 11.9 Å². The molecule has 1 heterocycles. The second kappa shape index (κ2) is 7.52. The summed E-state index contributed by atoms with van der Waals surface area (Å²) in [6, 6.07) is 0.760. The molecule has 2 N–H and O–H groups in total. The summed E-state index contributed by atoms with van der Waals surface area (Å²) in [5.41, 5.74) is 0. The molecule has 20 heavy (non-hydrogen) atoms. The van der Waals surface area contributed by atoms with Gasteiger partial charge in [-0.1, -0.05) is 12.8 Å². The third kappa shape index (κ3) is 3.88. The zero-order valence-electron chi connectivity index (χ0n) is 12.3. The molecule has 1 aromatic rings. The highest BCUT2D eigenvalue weighted by Crippen LogP contribution is 2.29. The Balaban J connectivity index is 2.12. The molecule has 1 aliphatic rings. The smallest absolute Gasteiger partial charge is 0.322 e. The quantitative estimate of drug-likeness (QED) is 0.835. The lowest BCUT2D eigenvalue weighted by atomic mass is 9.95. The van der Waals surface area contributed by atoms with Crippen molar-refractivity contribution in [1.82, 2.24) is 15.0 Å². The number of nitrogens with zero attached hydrogens (tertiary/aromatic N) is 3. The molecule has 2 unspecified atom stereocenters. The van der Waals surface area contributed by atoms with Crippen molar-refractivity contribution in [3.63, 3.8) is 0 Å². The number of rotatable bonds is 6. The molecule has 0 aromatic carbocycles. The molecular formula is C13H23N5OS. The number of methoxy groups -OCH3 is 1. The molecule has 7 heteroatoms. The number of ether oxygens (including phenoxy) is 1. The minimum atomic E-state index is 0.343. The standard InChI is InChI=1S/C13H23N5OS/c1-4-14-11-16-12(18-13(17-11)19-2)15-9-7-5-6-8-10(9)20-3/h9-10H,4-8H2,1-3H3,(H2,14,15,16,17,18). The molecule has 0 bridgehead atoms. The molecule has 0 aliphatic heterocycles. The van der Waals surface area contributed by atoms with Crippen molar-refractivity contribution >= 4 is 23.7 Å². The first kappa shape index (κ1) is 15.2. The Labute approximate surface area is 124 Å². The van der Waals surface area contributed by atoms with E-state index in [4.69, 9.17) is 4.74 Å². The lowest BCUT2D eigenvalue weighted by Gasteiger charge is -2.30. The van der Waals surface area contributed by atoms with Crippen LogP contribution in [0.15, 0.2) is 0 Å². The number of hydrogen-bond donors (Lipinski definition) is 2. The Morgan fingerprint density at radius 3 is 2.65 bits per heavy atom. The molecule has 6 nitrogen and oxygen atoms in total. The van der Waals surface area contributed by atoms with Crippen molar-refractivity contribution in [3.05, 3.63) is 0 Å². The molecular weight excluding hydrogens is 274 g/mol. The van der Waals surface area contributed by atoms with Gasteiger partial charge in [-0.15, -0.1) is 0 Å².